The van der Waals surface area contributed by atoms with E-state index < -0.39 is 5.91 Å². The zero-order chi connectivity index (χ0) is 28.8. The van der Waals surface area contributed by atoms with E-state index in [-0.39, 0.29) is 47.2 Å². The van der Waals surface area contributed by atoms with E-state index in [1.807, 2.05) is 11.0 Å². The summed E-state index contributed by atoms with van der Waals surface area (Å²) in [6.07, 6.45) is 7.38. The number of aromatic nitrogens is 1. The fourth-order valence-corrected chi connectivity index (χ4v) is 5.46. The Bertz CT molecular complexity index is 1730. The highest BCUT2D eigenvalue weighted by molar-refractivity contribution is 7.07. The number of hydrogen-bond acceptors (Lipinski definition) is 7. The van der Waals surface area contributed by atoms with Gasteiger partial charge in [-0.3, -0.25) is 19.0 Å². The Morgan fingerprint density at radius 3 is 2.80 bits per heavy atom. The Balaban J connectivity index is 1.54. The number of fused-ring (bicyclic) bond motifs is 1. The van der Waals surface area contributed by atoms with E-state index in [9.17, 15) is 24.0 Å². The minimum absolute atomic E-state index is 0.0368. The topological polar surface area (TPSA) is 110 Å². The molecule has 0 spiro atoms. The van der Waals surface area contributed by atoms with E-state index in [1.165, 1.54) is 22.9 Å². The van der Waals surface area contributed by atoms with Gasteiger partial charge >= 0.3 is 0 Å². The van der Waals surface area contributed by atoms with Crippen molar-refractivity contribution in [1.29, 1.82) is 5.26 Å². The van der Waals surface area contributed by atoms with Crippen molar-refractivity contribution in [3.63, 3.8) is 0 Å². The molecular weight excluding hydrogens is 531 g/mol. The Labute approximate surface area is 234 Å². The van der Waals surface area contributed by atoms with Crippen molar-refractivity contribution in [3.05, 3.63) is 73.4 Å². The fraction of sp³-hybridized carbons (Fsp3) is 0.241. The summed E-state index contributed by atoms with van der Waals surface area (Å²) in [6, 6.07) is 13.6. The fourth-order valence-electron chi connectivity index (χ4n) is 4.38. The molecule has 40 heavy (non-hydrogen) atoms. The van der Waals surface area contributed by atoms with E-state index in [4.69, 9.17) is 6.42 Å². The molecule has 0 aliphatic carbocycles. The SMILES string of the molecule is C#CCNC(=O)/C(C#N)=c1\s/c(=C/Nc2cccc(N(C)C(=O)CN3CCc4cc(F)ccc43)c2)c(=O)n1CC. The number of nitrogens with zero attached hydrogens (tertiary/aromatic N) is 4. The predicted molar refractivity (Wildman–Crippen MR) is 155 cm³/mol. The van der Waals surface area contributed by atoms with Gasteiger partial charge in [0.1, 0.15) is 21.1 Å². The van der Waals surface area contributed by atoms with Crippen molar-refractivity contribution in [3.8, 4) is 18.4 Å². The smallest absolute Gasteiger partial charge is 0.270 e. The average Bonchev–Trinajstić information content (AvgIpc) is 3.49. The second-order valence-electron chi connectivity index (χ2n) is 8.93. The number of halogens is 1. The normalized spacial score (nSPS) is 13.2. The largest absolute Gasteiger partial charge is 0.362 e. The molecule has 4 rings (SSSR count). The number of likely N-dealkylation sites (N-methyl/N-ethyl adjacent to an activating group) is 1. The summed E-state index contributed by atoms with van der Waals surface area (Å²) in [5.41, 5.74) is 2.50. The van der Waals surface area contributed by atoms with Gasteiger partial charge in [0.25, 0.3) is 11.5 Å². The molecule has 0 fully saturated rings. The average molecular weight is 559 g/mol. The van der Waals surface area contributed by atoms with Crippen LogP contribution in [0.1, 0.15) is 12.5 Å². The first-order valence-electron chi connectivity index (χ1n) is 12.5. The van der Waals surface area contributed by atoms with Gasteiger partial charge in [-0.15, -0.1) is 17.8 Å². The van der Waals surface area contributed by atoms with Crippen LogP contribution in [0.25, 0.3) is 11.8 Å². The van der Waals surface area contributed by atoms with Crippen LogP contribution in [0.4, 0.5) is 21.5 Å². The Morgan fingerprint density at radius 2 is 2.08 bits per heavy atom. The molecule has 1 aliphatic heterocycles. The lowest BCUT2D eigenvalue weighted by Crippen LogP contribution is -2.37. The molecule has 1 aromatic heterocycles. The summed E-state index contributed by atoms with van der Waals surface area (Å²) >= 11 is 1.02. The van der Waals surface area contributed by atoms with Crippen molar-refractivity contribution in [1.82, 2.24) is 9.88 Å². The van der Waals surface area contributed by atoms with Gasteiger partial charge in [0.15, 0.2) is 5.57 Å². The number of benzene rings is 2. The van der Waals surface area contributed by atoms with E-state index in [0.717, 1.165) is 22.6 Å². The summed E-state index contributed by atoms with van der Waals surface area (Å²) in [5.74, 6) is 1.22. The second-order valence-corrected chi connectivity index (χ2v) is 9.96. The summed E-state index contributed by atoms with van der Waals surface area (Å²) < 4.78 is 15.4. The first-order valence-corrected chi connectivity index (χ1v) is 13.3. The Morgan fingerprint density at radius 1 is 1.27 bits per heavy atom. The van der Waals surface area contributed by atoms with Gasteiger partial charge in [0.05, 0.1) is 13.1 Å². The van der Waals surface area contributed by atoms with Gasteiger partial charge in [0, 0.05) is 43.4 Å². The zero-order valence-electron chi connectivity index (χ0n) is 22.0. The molecule has 0 bridgehead atoms. The Hall–Kier alpha value is -4.87. The molecule has 9 nitrogen and oxygen atoms in total. The monoisotopic (exact) mass is 558 g/mol. The number of rotatable bonds is 8. The van der Waals surface area contributed by atoms with Crippen molar-refractivity contribution in [2.75, 3.05) is 41.8 Å². The number of anilines is 3. The molecule has 0 unspecified atom stereocenters. The third-order valence-corrected chi connectivity index (χ3v) is 7.59. The number of thiazole rings is 1. The van der Waals surface area contributed by atoms with E-state index in [2.05, 4.69) is 16.6 Å². The van der Waals surface area contributed by atoms with Gasteiger partial charge in [-0.05, 0) is 55.3 Å². The molecule has 0 saturated heterocycles. The molecule has 1 aliphatic rings. The summed E-state index contributed by atoms with van der Waals surface area (Å²) in [4.78, 5) is 41.9. The molecule has 3 aromatic rings. The molecule has 0 radical (unpaired) electrons. The number of terminal acetylenes is 1. The number of amides is 2. The molecule has 204 valence electrons. The van der Waals surface area contributed by atoms with Gasteiger partial charge in [-0.25, -0.2) is 4.39 Å². The molecule has 2 amide bonds. The quantitative estimate of drug-likeness (QED) is 0.404. The predicted octanol–water partition coefficient (Wildman–Crippen LogP) is 1.37. The van der Waals surface area contributed by atoms with Crippen LogP contribution in [-0.2, 0) is 22.6 Å². The maximum atomic E-state index is 13.5. The molecule has 0 atom stereocenters. The van der Waals surface area contributed by atoms with Crippen molar-refractivity contribution >= 4 is 52.0 Å². The highest BCUT2D eigenvalue weighted by Crippen LogP contribution is 2.28. The van der Waals surface area contributed by atoms with Crippen molar-refractivity contribution in [2.24, 2.45) is 0 Å². The van der Waals surface area contributed by atoms with Crippen LogP contribution in [-0.4, -0.2) is 43.1 Å². The summed E-state index contributed by atoms with van der Waals surface area (Å²) in [6.45, 7) is 2.78. The summed E-state index contributed by atoms with van der Waals surface area (Å²) in [7, 11) is 1.68. The lowest BCUT2D eigenvalue weighted by Gasteiger charge is -2.24. The van der Waals surface area contributed by atoms with E-state index in [1.54, 1.807) is 49.2 Å². The van der Waals surface area contributed by atoms with Crippen LogP contribution in [0.2, 0.25) is 0 Å². The molecule has 2 N–H and O–H groups in total. The number of hydrogen-bond donors (Lipinski definition) is 2. The van der Waals surface area contributed by atoms with Crippen LogP contribution in [0, 0.1) is 29.5 Å². The van der Waals surface area contributed by atoms with Gasteiger partial charge in [-0.2, -0.15) is 5.26 Å². The first kappa shape index (κ1) is 28.1. The van der Waals surface area contributed by atoms with Crippen LogP contribution in [0.15, 0.2) is 47.3 Å². The lowest BCUT2D eigenvalue weighted by atomic mass is 10.2. The van der Waals surface area contributed by atoms with E-state index >= 15 is 0 Å². The standard InChI is InChI=1S/C29H27FN6O3S/c1-4-12-32-27(38)23(16-31)29-36(5-2)28(39)25(40-29)17-33-21-7-6-8-22(15-21)34(3)26(37)18-35-13-11-19-14-20(30)9-10-24(19)35/h1,6-10,14-15,17,33H,5,11-13,18H2,2-3H3,(H,32,38)/b25-17+,29-23-. The minimum atomic E-state index is -0.645. The third kappa shape index (κ3) is 5.90. The maximum absolute atomic E-state index is 13.5. The number of carbonyl (C=O) groups is 2. The zero-order valence-corrected chi connectivity index (χ0v) is 22.8. The highest BCUT2D eigenvalue weighted by atomic mass is 32.1. The van der Waals surface area contributed by atoms with Gasteiger partial charge in [-0.1, -0.05) is 12.0 Å². The Kier molecular flexibility index (Phi) is 8.67. The molecular formula is C29H27FN6O3S. The first-order chi connectivity index (χ1) is 19.3. The van der Waals surface area contributed by atoms with Gasteiger partial charge in [0.2, 0.25) is 5.91 Å². The van der Waals surface area contributed by atoms with E-state index in [0.29, 0.717) is 28.9 Å². The van der Waals surface area contributed by atoms with Crippen LogP contribution >= 0.6 is 11.3 Å². The molecule has 11 heteroatoms. The lowest BCUT2D eigenvalue weighted by molar-refractivity contribution is -0.117. The van der Waals surface area contributed by atoms with Crippen LogP contribution < -0.4 is 35.2 Å². The summed E-state index contributed by atoms with van der Waals surface area (Å²) in [5, 5.41) is 15.1. The van der Waals surface area contributed by atoms with Crippen molar-refractivity contribution in [2.45, 2.75) is 19.9 Å². The number of carbonyl (C=O) groups excluding carboxylic acids is 2. The molecule has 2 aromatic carbocycles. The molecule has 2 heterocycles. The number of nitriles is 1. The van der Waals surface area contributed by atoms with Crippen LogP contribution in [0.3, 0.4) is 0 Å². The molecule has 0 saturated carbocycles. The third-order valence-electron chi connectivity index (χ3n) is 6.46. The van der Waals surface area contributed by atoms with Crippen molar-refractivity contribution < 1.29 is 14.0 Å². The van der Waals surface area contributed by atoms with Gasteiger partial charge < -0.3 is 20.4 Å². The van der Waals surface area contributed by atoms with Crippen LogP contribution in [0.5, 0.6) is 0 Å². The second kappa shape index (κ2) is 12.3. The minimum Gasteiger partial charge on any atom is -0.362 e. The number of nitrogens with one attached hydrogen (secondary N) is 2. The highest BCUT2D eigenvalue weighted by Gasteiger charge is 2.23. The maximum Gasteiger partial charge on any atom is 0.270 e.